The number of aromatic nitrogens is 7. The van der Waals surface area contributed by atoms with Crippen LogP contribution in [0.15, 0.2) is 24.5 Å². The molecule has 0 spiro atoms. The molecule has 0 atom stereocenters. The monoisotopic (exact) mass is 431 g/mol. The summed E-state index contributed by atoms with van der Waals surface area (Å²) in [5.41, 5.74) is 5.78. The van der Waals surface area contributed by atoms with E-state index in [0.717, 1.165) is 84.5 Å². The molecule has 6 heterocycles. The molecule has 0 amide bonds. The highest BCUT2D eigenvalue weighted by Crippen LogP contribution is 2.33. The van der Waals surface area contributed by atoms with Gasteiger partial charge in [-0.05, 0) is 19.1 Å². The number of hydrogen-bond donors (Lipinski definition) is 2. The Morgan fingerprint density at radius 1 is 1.09 bits per heavy atom. The average molecular weight is 432 g/mol. The second kappa shape index (κ2) is 7.95. The van der Waals surface area contributed by atoms with Crippen molar-refractivity contribution in [1.29, 1.82) is 0 Å². The predicted octanol–water partition coefficient (Wildman–Crippen LogP) is 1.78. The van der Waals surface area contributed by atoms with Gasteiger partial charge in [-0.2, -0.15) is 5.10 Å². The molecule has 164 valence electrons. The molecule has 4 aromatic heterocycles. The van der Waals surface area contributed by atoms with E-state index in [9.17, 15) is 0 Å². The third-order valence-electron chi connectivity index (χ3n) is 6.16. The summed E-state index contributed by atoms with van der Waals surface area (Å²) in [7, 11) is 0. The molecule has 4 aromatic rings. The van der Waals surface area contributed by atoms with Gasteiger partial charge in [0, 0.05) is 68.4 Å². The quantitative estimate of drug-likeness (QED) is 0.503. The van der Waals surface area contributed by atoms with Gasteiger partial charge in [0.2, 0.25) is 0 Å². The largest absolute Gasteiger partial charge is 0.378 e. The fourth-order valence-electron chi connectivity index (χ4n) is 4.52. The number of aryl methyl sites for hydroxylation is 1. The topological polar surface area (TPSA) is 110 Å². The summed E-state index contributed by atoms with van der Waals surface area (Å²) in [6.07, 6.45) is 4.51. The van der Waals surface area contributed by atoms with Crippen molar-refractivity contribution in [3.8, 4) is 22.9 Å². The molecule has 32 heavy (non-hydrogen) atoms. The minimum absolute atomic E-state index is 0.635. The van der Waals surface area contributed by atoms with Crippen molar-refractivity contribution >= 4 is 17.0 Å². The van der Waals surface area contributed by atoms with Crippen LogP contribution in [0.3, 0.4) is 0 Å². The van der Waals surface area contributed by atoms with Crippen LogP contribution in [0.25, 0.3) is 34.1 Å². The van der Waals surface area contributed by atoms with E-state index < -0.39 is 0 Å². The van der Waals surface area contributed by atoms with Crippen molar-refractivity contribution in [3.05, 3.63) is 35.8 Å². The van der Waals surface area contributed by atoms with Gasteiger partial charge in [-0.15, -0.1) is 0 Å². The number of pyridine rings is 1. The number of morpholine rings is 1. The van der Waals surface area contributed by atoms with Gasteiger partial charge >= 0.3 is 0 Å². The van der Waals surface area contributed by atoms with Crippen molar-refractivity contribution in [2.75, 3.05) is 37.7 Å². The molecule has 1 fully saturated rings. The first-order valence-corrected chi connectivity index (χ1v) is 11.1. The van der Waals surface area contributed by atoms with E-state index in [1.54, 1.807) is 12.4 Å². The van der Waals surface area contributed by atoms with E-state index in [2.05, 4.69) is 36.9 Å². The molecule has 6 rings (SSSR count). The second-order valence-electron chi connectivity index (χ2n) is 8.01. The van der Waals surface area contributed by atoms with E-state index in [1.807, 2.05) is 12.1 Å². The van der Waals surface area contributed by atoms with E-state index in [0.29, 0.717) is 19.0 Å². The van der Waals surface area contributed by atoms with Gasteiger partial charge in [-0.1, -0.05) is 0 Å². The minimum Gasteiger partial charge on any atom is -0.378 e. The fraction of sp³-hybridized carbons (Fsp3) is 0.409. The Hall–Kier alpha value is -3.37. The molecule has 0 saturated carbocycles. The lowest BCUT2D eigenvalue weighted by molar-refractivity contribution is 0.122. The Morgan fingerprint density at radius 2 is 1.94 bits per heavy atom. The van der Waals surface area contributed by atoms with Crippen LogP contribution in [-0.4, -0.2) is 67.5 Å². The van der Waals surface area contributed by atoms with Crippen molar-refractivity contribution in [2.45, 2.75) is 26.4 Å². The van der Waals surface area contributed by atoms with Gasteiger partial charge in [-0.3, -0.25) is 10.1 Å². The number of H-pyrrole nitrogens is 1. The highest BCUT2D eigenvalue weighted by atomic mass is 16.5. The zero-order chi connectivity index (χ0) is 21.5. The fourth-order valence-corrected chi connectivity index (χ4v) is 4.52. The Bertz CT molecular complexity index is 1260. The molecule has 2 aliphatic heterocycles. The van der Waals surface area contributed by atoms with Crippen molar-refractivity contribution in [3.63, 3.8) is 0 Å². The van der Waals surface area contributed by atoms with Crippen molar-refractivity contribution < 1.29 is 4.74 Å². The maximum Gasteiger partial charge on any atom is 0.184 e. The average Bonchev–Trinajstić information content (AvgIpc) is 3.46. The number of rotatable bonds is 4. The highest BCUT2D eigenvalue weighted by molar-refractivity contribution is 5.89. The first-order chi connectivity index (χ1) is 15.8. The van der Waals surface area contributed by atoms with Crippen LogP contribution in [0.1, 0.15) is 18.2 Å². The summed E-state index contributed by atoms with van der Waals surface area (Å²) in [6.45, 7) is 7.47. The molecule has 1 saturated heterocycles. The number of anilines is 1. The van der Waals surface area contributed by atoms with Gasteiger partial charge < -0.3 is 19.5 Å². The number of ether oxygens (including phenoxy) is 1. The number of fused-ring (bicyclic) bond motifs is 2. The van der Waals surface area contributed by atoms with Crippen LogP contribution >= 0.6 is 0 Å². The summed E-state index contributed by atoms with van der Waals surface area (Å²) >= 11 is 0. The molecule has 10 nitrogen and oxygen atoms in total. The van der Waals surface area contributed by atoms with Crippen LogP contribution in [0.4, 0.5) is 5.82 Å². The number of hydrogen-bond acceptors (Lipinski definition) is 8. The molecule has 0 radical (unpaired) electrons. The first kappa shape index (κ1) is 19.3. The molecular weight excluding hydrogens is 406 g/mol. The standard InChI is InChI=1S/C22H25N9O/c1-2-31-20(14-3-6-23-7-4-14)25-18-21(30-9-11-32-12-10-30)26-19(27-22(18)31)17-15-13-24-8-5-16(15)28-29-17/h3-4,6-7,24H,2,5,8-13H2,1H3,(H,28,29). The Balaban J connectivity index is 1.59. The maximum atomic E-state index is 5.59. The summed E-state index contributed by atoms with van der Waals surface area (Å²) in [4.78, 5) is 21.5. The molecule has 2 aliphatic rings. The SMILES string of the molecule is CCn1c(-c2ccncc2)nc2c(N3CCOCC3)nc(-c3n[nH]c4c3CNCC4)nc21. The summed E-state index contributed by atoms with van der Waals surface area (Å²) in [6, 6.07) is 3.96. The van der Waals surface area contributed by atoms with Gasteiger partial charge in [-0.25, -0.2) is 15.0 Å². The first-order valence-electron chi connectivity index (χ1n) is 11.1. The Kier molecular flexibility index (Phi) is 4.80. The van der Waals surface area contributed by atoms with Crippen molar-refractivity contribution in [1.82, 2.24) is 40.0 Å². The molecule has 0 unspecified atom stereocenters. The molecular formula is C22H25N9O. The number of nitrogens with zero attached hydrogens (tertiary/aromatic N) is 7. The van der Waals surface area contributed by atoms with Crippen LogP contribution < -0.4 is 10.2 Å². The minimum atomic E-state index is 0.635. The molecule has 0 bridgehead atoms. The van der Waals surface area contributed by atoms with Gasteiger partial charge in [0.15, 0.2) is 22.8 Å². The van der Waals surface area contributed by atoms with Crippen LogP contribution in [0.2, 0.25) is 0 Å². The zero-order valence-electron chi connectivity index (χ0n) is 18.0. The lowest BCUT2D eigenvalue weighted by atomic mass is 10.1. The van der Waals surface area contributed by atoms with E-state index in [1.165, 1.54) is 0 Å². The Labute approximate surface area is 185 Å². The van der Waals surface area contributed by atoms with Gasteiger partial charge in [0.25, 0.3) is 0 Å². The van der Waals surface area contributed by atoms with Crippen LogP contribution in [0.5, 0.6) is 0 Å². The summed E-state index contributed by atoms with van der Waals surface area (Å²) in [5, 5.41) is 11.2. The molecule has 10 heteroatoms. The summed E-state index contributed by atoms with van der Waals surface area (Å²) < 4.78 is 7.74. The normalized spacial score (nSPS) is 16.5. The van der Waals surface area contributed by atoms with Crippen LogP contribution in [0, 0.1) is 0 Å². The number of imidazole rings is 1. The van der Waals surface area contributed by atoms with Gasteiger partial charge in [0.1, 0.15) is 11.5 Å². The van der Waals surface area contributed by atoms with E-state index in [-0.39, 0.29) is 0 Å². The number of nitrogens with one attached hydrogen (secondary N) is 2. The summed E-state index contributed by atoms with van der Waals surface area (Å²) in [5.74, 6) is 2.35. The second-order valence-corrected chi connectivity index (χ2v) is 8.01. The smallest absolute Gasteiger partial charge is 0.184 e. The highest BCUT2D eigenvalue weighted by Gasteiger charge is 2.26. The lowest BCUT2D eigenvalue weighted by Gasteiger charge is -2.28. The van der Waals surface area contributed by atoms with Gasteiger partial charge in [0.05, 0.1) is 13.2 Å². The predicted molar refractivity (Wildman–Crippen MR) is 120 cm³/mol. The van der Waals surface area contributed by atoms with E-state index >= 15 is 0 Å². The van der Waals surface area contributed by atoms with E-state index in [4.69, 9.17) is 19.7 Å². The van der Waals surface area contributed by atoms with Crippen molar-refractivity contribution in [2.24, 2.45) is 0 Å². The Morgan fingerprint density at radius 3 is 2.75 bits per heavy atom. The third-order valence-corrected chi connectivity index (χ3v) is 6.16. The van der Waals surface area contributed by atoms with Crippen LogP contribution in [-0.2, 0) is 24.2 Å². The molecule has 2 N–H and O–H groups in total. The lowest BCUT2D eigenvalue weighted by Crippen LogP contribution is -2.37. The third kappa shape index (κ3) is 3.14. The maximum absolute atomic E-state index is 5.59. The molecule has 0 aliphatic carbocycles. The number of aromatic amines is 1. The molecule has 0 aromatic carbocycles. The zero-order valence-corrected chi connectivity index (χ0v) is 18.0.